The molecule has 2 atom stereocenters. The van der Waals surface area contributed by atoms with Gasteiger partial charge in [-0.25, -0.2) is 8.42 Å². The Bertz CT molecular complexity index is 1480. The van der Waals surface area contributed by atoms with Gasteiger partial charge in [0.2, 0.25) is 16.3 Å². The normalized spacial score (nSPS) is 17.2. The molecule has 12 nitrogen and oxygen atoms in total. The van der Waals surface area contributed by atoms with Crippen LogP contribution in [0, 0.1) is 0 Å². The van der Waals surface area contributed by atoms with E-state index in [1.807, 2.05) is 24.3 Å². The first-order chi connectivity index (χ1) is 20.7. The number of nitrogens with zero attached hydrogens (tertiary/aromatic N) is 2. The maximum atomic E-state index is 13.4. The number of ether oxygens (including phenoxy) is 5. The lowest BCUT2D eigenvalue weighted by atomic mass is 9.92. The van der Waals surface area contributed by atoms with Gasteiger partial charge < -0.3 is 38.1 Å². The molecule has 1 amide bonds. The number of likely N-dealkylation sites (N-methyl/N-ethyl adjacent to an activating group) is 1. The van der Waals surface area contributed by atoms with Crippen LogP contribution >= 0.6 is 0 Å². The third kappa shape index (κ3) is 7.74. The van der Waals surface area contributed by atoms with Crippen molar-refractivity contribution in [3.8, 4) is 5.75 Å². The first-order valence-electron chi connectivity index (χ1n) is 13.7. The van der Waals surface area contributed by atoms with E-state index < -0.39 is 28.5 Å². The van der Waals surface area contributed by atoms with Crippen LogP contribution in [0.5, 0.6) is 5.75 Å². The van der Waals surface area contributed by atoms with Gasteiger partial charge in [0.15, 0.2) is 12.0 Å². The van der Waals surface area contributed by atoms with Crippen molar-refractivity contribution in [3.05, 3.63) is 72.2 Å². The van der Waals surface area contributed by atoms with E-state index in [-0.39, 0.29) is 49.4 Å². The van der Waals surface area contributed by atoms with Gasteiger partial charge in [-0.1, -0.05) is 18.2 Å². The van der Waals surface area contributed by atoms with Crippen molar-refractivity contribution in [2.75, 3.05) is 61.2 Å². The Balaban J connectivity index is 1.52. The van der Waals surface area contributed by atoms with Gasteiger partial charge in [-0.15, -0.1) is 0 Å². The quantitative estimate of drug-likeness (QED) is 0.253. The highest BCUT2D eigenvalue weighted by Gasteiger charge is 2.33. The highest BCUT2D eigenvalue weighted by Crippen LogP contribution is 2.36. The molecule has 0 spiro atoms. The van der Waals surface area contributed by atoms with Crippen LogP contribution in [0.3, 0.4) is 0 Å². The number of carbonyl (C=O) groups is 1. The Kier molecular flexibility index (Phi) is 11.2. The first kappa shape index (κ1) is 32.5. The molecule has 0 bridgehead atoms. The number of carbonyl (C=O) groups excluding carboxylic acids is 1. The largest absolute Gasteiger partial charge is 0.497 e. The summed E-state index contributed by atoms with van der Waals surface area (Å²) in [6.07, 6.45) is 2.28. The van der Waals surface area contributed by atoms with Crippen molar-refractivity contribution in [2.45, 2.75) is 29.8 Å². The minimum absolute atomic E-state index is 0.0500. The molecule has 0 aliphatic carbocycles. The molecule has 0 radical (unpaired) electrons. The van der Waals surface area contributed by atoms with E-state index in [2.05, 4.69) is 0 Å². The molecule has 13 heteroatoms. The summed E-state index contributed by atoms with van der Waals surface area (Å²) in [4.78, 5) is 14.9. The number of aliphatic hydroxyl groups excluding tert-OH is 1. The molecule has 4 rings (SSSR count). The van der Waals surface area contributed by atoms with Gasteiger partial charge in [-0.3, -0.25) is 4.79 Å². The van der Waals surface area contributed by atoms with Crippen molar-refractivity contribution in [1.29, 1.82) is 0 Å². The van der Waals surface area contributed by atoms with Crippen molar-refractivity contribution in [2.24, 2.45) is 0 Å². The van der Waals surface area contributed by atoms with Gasteiger partial charge in [-0.05, 0) is 36.4 Å². The van der Waals surface area contributed by atoms with Crippen LogP contribution in [0.2, 0.25) is 0 Å². The molecule has 0 saturated heterocycles. The van der Waals surface area contributed by atoms with E-state index in [0.717, 1.165) is 15.3 Å². The summed E-state index contributed by atoms with van der Waals surface area (Å²) < 4.78 is 61.1. The van der Waals surface area contributed by atoms with E-state index in [9.17, 15) is 18.3 Å². The maximum Gasteiger partial charge on any atom is 0.288 e. The van der Waals surface area contributed by atoms with E-state index in [1.165, 1.54) is 38.4 Å². The average Bonchev–Trinajstić information content (AvgIpc) is 3.47. The van der Waals surface area contributed by atoms with E-state index in [4.69, 9.17) is 28.1 Å². The average molecular weight is 619 g/mol. The van der Waals surface area contributed by atoms with Gasteiger partial charge in [0.25, 0.3) is 5.91 Å². The summed E-state index contributed by atoms with van der Waals surface area (Å²) in [5.74, 6) is -0.0753. The lowest BCUT2D eigenvalue weighted by molar-refractivity contribution is -0.158. The lowest BCUT2D eigenvalue weighted by Gasteiger charge is -2.31. The summed E-state index contributed by atoms with van der Waals surface area (Å²) in [6.45, 7) is -0.434. The number of hydrogen-bond acceptors (Lipinski definition) is 10. The fourth-order valence-electron chi connectivity index (χ4n) is 4.80. The zero-order valence-corrected chi connectivity index (χ0v) is 25.5. The molecule has 1 N–H and O–H groups in total. The van der Waals surface area contributed by atoms with Gasteiger partial charge in [-0.2, -0.15) is 4.31 Å². The predicted molar refractivity (Wildman–Crippen MR) is 157 cm³/mol. The van der Waals surface area contributed by atoms with Crippen molar-refractivity contribution in [3.63, 3.8) is 0 Å². The summed E-state index contributed by atoms with van der Waals surface area (Å²) in [5.41, 5.74) is 1.59. The summed E-state index contributed by atoms with van der Waals surface area (Å²) in [7, 11) is 2.16. The molecule has 43 heavy (non-hydrogen) atoms. The second kappa shape index (κ2) is 14.8. The van der Waals surface area contributed by atoms with Gasteiger partial charge in [0.05, 0.1) is 38.0 Å². The molecule has 0 saturated carbocycles. The molecular formula is C30H38N2O10S. The third-order valence-electron chi connectivity index (χ3n) is 7.16. The molecule has 1 aliphatic rings. The zero-order valence-electron chi connectivity index (χ0n) is 24.7. The van der Waals surface area contributed by atoms with Crippen molar-refractivity contribution >= 4 is 26.9 Å². The minimum atomic E-state index is -3.93. The fourth-order valence-corrected chi connectivity index (χ4v) is 6.21. The number of furan rings is 1. The molecule has 1 aromatic heterocycles. The number of fused-ring (bicyclic) bond motifs is 1. The Morgan fingerprint density at radius 3 is 2.47 bits per heavy atom. The van der Waals surface area contributed by atoms with Crippen LogP contribution < -0.4 is 4.74 Å². The SMILES string of the molecule is COc1ccc(S(=O)(=O)N(CCO)CCOC2CC(c3coc4ccccc34)C=C(C(=O)N(C)CC(OC)OC)O2)cc1. The zero-order chi connectivity index (χ0) is 31.0. The number of rotatable bonds is 15. The number of hydrogen-bond donors (Lipinski definition) is 1. The molecule has 0 fully saturated rings. The van der Waals surface area contributed by atoms with Crippen LogP contribution in [0.4, 0.5) is 0 Å². The molecular weight excluding hydrogens is 580 g/mol. The Hall–Kier alpha value is -3.46. The molecule has 2 heterocycles. The van der Waals surface area contributed by atoms with Crippen LogP contribution in [0.1, 0.15) is 17.9 Å². The molecule has 2 aromatic carbocycles. The second-order valence-corrected chi connectivity index (χ2v) is 11.8. The number of benzene rings is 2. The number of amides is 1. The first-order valence-corrected chi connectivity index (χ1v) is 15.2. The summed E-state index contributed by atoms with van der Waals surface area (Å²) in [6, 6.07) is 13.6. The number of aliphatic hydroxyl groups is 1. The Labute approximate surface area is 251 Å². The second-order valence-electron chi connectivity index (χ2n) is 9.87. The van der Waals surface area contributed by atoms with Gasteiger partial charge in [0, 0.05) is 57.6 Å². The standard InChI is InChI=1S/C30H38N2O10S/c1-31(19-29(38-3)39-4)30(34)27-17-21(25-20-41-26-8-6-5-7-24(25)26)18-28(42-27)40-16-14-32(13-15-33)43(35,36)23-11-9-22(37-2)10-12-23/h5-12,17,20-21,28-29,33H,13-16,18-19H2,1-4H3. The van der Waals surface area contributed by atoms with Gasteiger partial charge >= 0.3 is 0 Å². The number of sulfonamides is 1. The van der Waals surface area contributed by atoms with E-state index in [0.29, 0.717) is 17.8 Å². The highest BCUT2D eigenvalue weighted by atomic mass is 32.2. The molecule has 234 valence electrons. The number of methoxy groups -OCH3 is 3. The fraction of sp³-hybridized carbons (Fsp3) is 0.433. The van der Waals surface area contributed by atoms with Crippen molar-refractivity contribution in [1.82, 2.24) is 9.21 Å². The summed E-state index contributed by atoms with van der Waals surface area (Å²) >= 11 is 0. The molecule has 3 aromatic rings. The Morgan fingerprint density at radius 2 is 1.79 bits per heavy atom. The summed E-state index contributed by atoms with van der Waals surface area (Å²) in [5, 5.41) is 10.5. The van der Waals surface area contributed by atoms with Crippen LogP contribution in [-0.4, -0.2) is 102 Å². The van der Waals surface area contributed by atoms with Crippen LogP contribution in [-0.2, 0) is 33.8 Å². The molecule has 1 aliphatic heterocycles. The minimum Gasteiger partial charge on any atom is -0.497 e. The third-order valence-corrected chi connectivity index (χ3v) is 9.08. The van der Waals surface area contributed by atoms with E-state index >= 15 is 0 Å². The number of para-hydroxylation sites is 1. The maximum absolute atomic E-state index is 13.4. The smallest absolute Gasteiger partial charge is 0.288 e. The van der Waals surface area contributed by atoms with Crippen LogP contribution in [0.25, 0.3) is 11.0 Å². The van der Waals surface area contributed by atoms with Crippen molar-refractivity contribution < 1.29 is 46.4 Å². The van der Waals surface area contributed by atoms with Gasteiger partial charge in [0.1, 0.15) is 11.3 Å². The topological polar surface area (TPSA) is 137 Å². The van der Waals surface area contributed by atoms with E-state index in [1.54, 1.807) is 31.5 Å². The monoisotopic (exact) mass is 618 g/mol. The highest BCUT2D eigenvalue weighted by molar-refractivity contribution is 7.89. The lowest BCUT2D eigenvalue weighted by Crippen LogP contribution is -2.40. The van der Waals surface area contributed by atoms with Crippen LogP contribution in [0.15, 0.2) is 75.9 Å². The molecule has 2 unspecified atom stereocenters. The Morgan fingerprint density at radius 1 is 1.07 bits per heavy atom. The predicted octanol–water partition coefficient (Wildman–Crippen LogP) is 2.93. The number of allylic oxidation sites excluding steroid dienone is 1.